The van der Waals surface area contributed by atoms with E-state index in [9.17, 15) is 31.5 Å². The van der Waals surface area contributed by atoms with Gasteiger partial charge in [-0.3, -0.25) is 0 Å². The van der Waals surface area contributed by atoms with Gasteiger partial charge in [0.05, 0.1) is 19.1 Å². The van der Waals surface area contributed by atoms with Crippen LogP contribution < -0.4 is 0 Å². The van der Waals surface area contributed by atoms with Gasteiger partial charge in [0.25, 0.3) is 5.60 Å². The van der Waals surface area contributed by atoms with Gasteiger partial charge in [0.15, 0.2) is 24.6 Å². The number of hydrogen-bond donors (Lipinski definition) is 1. The molecule has 3 heterocycles. The highest BCUT2D eigenvalue weighted by Crippen LogP contribution is 2.40. The first-order valence-electron chi connectivity index (χ1n) is 8.83. The lowest BCUT2D eigenvalue weighted by molar-refractivity contribution is -0.170. The first-order chi connectivity index (χ1) is 14.5. The third kappa shape index (κ3) is 4.51. The molecule has 1 aliphatic rings. The summed E-state index contributed by atoms with van der Waals surface area (Å²) < 4.78 is 71.4. The average molecular weight is 474 g/mol. The smallest absolute Gasteiger partial charge is 0.376 e. The van der Waals surface area contributed by atoms with Crippen LogP contribution in [0.15, 0.2) is 56.3 Å². The van der Waals surface area contributed by atoms with E-state index < -0.39 is 65.1 Å². The molecule has 0 saturated heterocycles. The molecule has 0 radical (unpaired) electrons. The Labute approximate surface area is 177 Å². The third-order valence-electron chi connectivity index (χ3n) is 4.24. The summed E-state index contributed by atoms with van der Waals surface area (Å²) in [6, 6.07) is 5.51. The second kappa shape index (κ2) is 8.23. The van der Waals surface area contributed by atoms with Crippen LogP contribution in [0.2, 0.25) is 0 Å². The van der Waals surface area contributed by atoms with Crippen LogP contribution in [0, 0.1) is 0 Å². The molecule has 0 saturated carbocycles. The number of carbonyl (C=O) groups excluding carboxylic acids is 2. The van der Waals surface area contributed by atoms with Crippen LogP contribution in [-0.4, -0.2) is 51.8 Å². The molecule has 0 fully saturated rings. The van der Waals surface area contributed by atoms with E-state index in [2.05, 4.69) is 0 Å². The van der Waals surface area contributed by atoms with Gasteiger partial charge < -0.3 is 23.4 Å². The Morgan fingerprint density at radius 3 is 2.16 bits per heavy atom. The van der Waals surface area contributed by atoms with Gasteiger partial charge in [-0.25, -0.2) is 26.4 Å². The molecule has 3 rings (SSSR count). The maximum absolute atomic E-state index is 13.1. The van der Waals surface area contributed by atoms with Crippen molar-refractivity contribution in [2.24, 2.45) is 0 Å². The minimum atomic E-state index is -4.67. The largest absolute Gasteiger partial charge is 0.501 e. The number of carbonyl (C=O) groups is 2. The highest BCUT2D eigenvalue weighted by Gasteiger charge is 2.62. The summed E-state index contributed by atoms with van der Waals surface area (Å²) in [4.78, 5) is 23.7. The van der Waals surface area contributed by atoms with E-state index in [1.807, 2.05) is 0 Å². The number of furan rings is 2. The predicted molar refractivity (Wildman–Crippen MR) is 103 cm³/mol. The van der Waals surface area contributed by atoms with E-state index in [0.717, 1.165) is 0 Å². The lowest BCUT2D eigenvalue weighted by Gasteiger charge is -2.27. The van der Waals surface area contributed by atoms with Gasteiger partial charge in [0.1, 0.15) is 28.8 Å². The van der Waals surface area contributed by atoms with Gasteiger partial charge in [0, 0.05) is 0 Å². The maximum Gasteiger partial charge on any atom is 0.376 e. The van der Waals surface area contributed by atoms with Crippen LogP contribution in [-0.2, 0) is 50.2 Å². The summed E-state index contributed by atoms with van der Waals surface area (Å²) in [5.74, 6) is -7.35. The predicted octanol–water partition coefficient (Wildman–Crippen LogP) is 1.03. The topological polar surface area (TPSA) is 167 Å². The van der Waals surface area contributed by atoms with Gasteiger partial charge in [-0.1, -0.05) is 0 Å². The van der Waals surface area contributed by atoms with Crippen molar-refractivity contribution in [1.29, 1.82) is 0 Å². The molecule has 0 spiro atoms. The molecule has 1 unspecified atom stereocenters. The molecule has 2 aromatic rings. The Morgan fingerprint density at radius 2 is 1.65 bits per heavy atom. The fourth-order valence-corrected chi connectivity index (χ4v) is 6.59. The number of sulfone groups is 2. The molecule has 0 aliphatic carbocycles. The second-order valence-electron chi connectivity index (χ2n) is 6.56. The molecule has 168 valence electrons. The molecule has 31 heavy (non-hydrogen) atoms. The molecule has 0 bridgehead atoms. The lowest BCUT2D eigenvalue weighted by atomic mass is 10.1. The van der Waals surface area contributed by atoms with Crippen molar-refractivity contribution in [3.05, 3.63) is 59.0 Å². The quantitative estimate of drug-likeness (QED) is 0.515. The number of hydrogen-bond acceptors (Lipinski definition) is 11. The molecule has 1 N–H and O–H groups in total. The zero-order valence-electron chi connectivity index (χ0n) is 16.1. The maximum atomic E-state index is 13.1. The normalized spacial score (nSPS) is 19.5. The summed E-state index contributed by atoms with van der Waals surface area (Å²) in [6.07, 6.45) is 2.42. The molecule has 0 aromatic carbocycles. The van der Waals surface area contributed by atoms with Gasteiger partial charge in [-0.2, -0.15) is 0 Å². The van der Waals surface area contributed by atoms with Gasteiger partial charge in [-0.05, 0) is 31.2 Å². The zero-order valence-corrected chi connectivity index (χ0v) is 17.8. The molecule has 1 atom stereocenters. The van der Waals surface area contributed by atoms with E-state index in [-0.39, 0.29) is 18.1 Å². The van der Waals surface area contributed by atoms with Crippen molar-refractivity contribution >= 4 is 31.6 Å². The van der Waals surface area contributed by atoms with Gasteiger partial charge >= 0.3 is 11.9 Å². The van der Waals surface area contributed by atoms with Crippen LogP contribution in [0.5, 0.6) is 0 Å². The SMILES string of the molecule is CCOC(=O)C1(CS(=O)(=O)Cc2ccco2)OC(=O)C(O)=C1S(=O)(=O)Cc1ccco1. The van der Waals surface area contributed by atoms with Crippen molar-refractivity contribution in [2.75, 3.05) is 12.4 Å². The minimum Gasteiger partial charge on any atom is -0.501 e. The molecule has 13 heteroatoms. The van der Waals surface area contributed by atoms with Gasteiger partial charge in [0.2, 0.25) is 5.76 Å². The standard InChI is InChI=1S/C18H18O11S2/c1-2-26-17(21)18(11-30(22,23)9-12-5-3-7-27-12)15(14(19)16(20)29-18)31(24,25)10-13-6-4-8-28-13/h3-8,19H,2,9-11H2,1H3. The summed E-state index contributed by atoms with van der Waals surface area (Å²) in [6.45, 7) is 1.11. The molecule has 2 aromatic heterocycles. The Hall–Kier alpha value is -3.06. The average Bonchev–Trinajstić information content (AvgIpc) is 3.38. The highest BCUT2D eigenvalue weighted by atomic mass is 32.2. The molecular weight excluding hydrogens is 456 g/mol. The van der Waals surface area contributed by atoms with E-state index in [4.69, 9.17) is 18.3 Å². The summed E-state index contributed by atoms with van der Waals surface area (Å²) in [7, 11) is -8.99. The van der Waals surface area contributed by atoms with E-state index in [0.29, 0.717) is 0 Å². The Balaban J connectivity index is 2.10. The number of aliphatic hydroxyl groups is 1. The Bertz CT molecular complexity index is 1200. The molecule has 1 aliphatic heterocycles. The van der Waals surface area contributed by atoms with Gasteiger partial charge in [-0.15, -0.1) is 0 Å². The summed E-state index contributed by atoms with van der Waals surface area (Å²) in [5, 5.41) is 10.2. The third-order valence-corrected chi connectivity index (χ3v) is 7.62. The number of cyclic esters (lactones) is 1. The molecular formula is C18H18O11S2. The first-order valence-corrected chi connectivity index (χ1v) is 12.3. The van der Waals surface area contributed by atoms with E-state index >= 15 is 0 Å². The molecule has 11 nitrogen and oxygen atoms in total. The van der Waals surface area contributed by atoms with Crippen molar-refractivity contribution < 1.29 is 49.8 Å². The monoisotopic (exact) mass is 474 g/mol. The molecule has 0 amide bonds. The van der Waals surface area contributed by atoms with Crippen molar-refractivity contribution in [3.8, 4) is 0 Å². The Morgan fingerprint density at radius 1 is 1.06 bits per heavy atom. The Kier molecular flexibility index (Phi) is 6.00. The van der Waals surface area contributed by atoms with Crippen LogP contribution in [0.4, 0.5) is 0 Å². The number of rotatable bonds is 9. The highest BCUT2D eigenvalue weighted by molar-refractivity contribution is 7.95. The number of ether oxygens (including phenoxy) is 2. The van der Waals surface area contributed by atoms with Crippen LogP contribution in [0.1, 0.15) is 18.4 Å². The fourth-order valence-electron chi connectivity index (χ4n) is 3.10. The first kappa shape index (κ1) is 22.6. The van der Waals surface area contributed by atoms with Crippen LogP contribution in [0.3, 0.4) is 0 Å². The summed E-state index contributed by atoms with van der Waals surface area (Å²) >= 11 is 0. The second-order valence-corrected chi connectivity index (χ2v) is 10.6. The van der Waals surface area contributed by atoms with Crippen molar-refractivity contribution in [2.45, 2.75) is 24.0 Å². The van der Waals surface area contributed by atoms with Crippen molar-refractivity contribution in [1.82, 2.24) is 0 Å². The zero-order chi connectivity index (χ0) is 22.9. The van der Waals surface area contributed by atoms with E-state index in [1.54, 1.807) is 0 Å². The minimum absolute atomic E-state index is 0.0107. The fraction of sp³-hybridized carbons (Fsp3) is 0.333. The lowest BCUT2D eigenvalue weighted by Crippen LogP contribution is -2.50. The van der Waals surface area contributed by atoms with Crippen LogP contribution >= 0.6 is 0 Å². The number of esters is 2. The summed E-state index contributed by atoms with van der Waals surface area (Å²) in [5.41, 5.74) is -2.92. The van der Waals surface area contributed by atoms with Crippen LogP contribution in [0.25, 0.3) is 0 Å². The van der Waals surface area contributed by atoms with E-state index in [1.165, 1.54) is 43.7 Å². The number of aliphatic hydroxyl groups excluding tert-OH is 1. The van der Waals surface area contributed by atoms with Crippen molar-refractivity contribution in [3.63, 3.8) is 0 Å².